The van der Waals surface area contributed by atoms with Crippen molar-refractivity contribution in [1.29, 1.82) is 0 Å². The highest BCUT2D eigenvalue weighted by Gasteiger charge is 2.18. The van der Waals surface area contributed by atoms with Crippen LogP contribution in [0.15, 0.2) is 54.7 Å². The average molecular weight is 412 g/mol. The lowest BCUT2D eigenvalue weighted by molar-refractivity contribution is -0.116. The summed E-state index contributed by atoms with van der Waals surface area (Å²) in [5.41, 5.74) is 1.69. The van der Waals surface area contributed by atoms with Gasteiger partial charge in [-0.1, -0.05) is 59.6 Å². The van der Waals surface area contributed by atoms with Crippen LogP contribution in [0.25, 0.3) is 0 Å². The van der Waals surface area contributed by atoms with Crippen molar-refractivity contribution in [2.75, 3.05) is 5.32 Å². The molecule has 1 N–H and O–H groups in total. The highest BCUT2D eigenvalue weighted by molar-refractivity contribution is 7.15. The number of anilines is 1. The number of hydrogen-bond acceptors (Lipinski definition) is 3. The van der Waals surface area contributed by atoms with Gasteiger partial charge in [-0.3, -0.25) is 4.79 Å². The van der Waals surface area contributed by atoms with Crippen molar-refractivity contribution >= 4 is 57.2 Å². The van der Waals surface area contributed by atoms with Gasteiger partial charge in [-0.2, -0.15) is 0 Å². The van der Waals surface area contributed by atoms with Crippen LogP contribution in [0.5, 0.6) is 0 Å². The number of nitrogens with zero attached hydrogens (tertiary/aromatic N) is 1. The van der Waals surface area contributed by atoms with Crippen LogP contribution in [0.2, 0.25) is 10.0 Å². The molecule has 128 valence electrons. The fourth-order valence-electron chi connectivity index (χ4n) is 2.24. The molecule has 0 radical (unpaired) electrons. The van der Waals surface area contributed by atoms with Crippen LogP contribution < -0.4 is 5.32 Å². The van der Waals surface area contributed by atoms with Crippen molar-refractivity contribution < 1.29 is 4.79 Å². The molecule has 7 heteroatoms. The number of thiazole rings is 1. The van der Waals surface area contributed by atoms with E-state index >= 15 is 0 Å². The molecular weight excluding hydrogens is 399 g/mol. The lowest BCUT2D eigenvalue weighted by atomic mass is 10.1. The van der Waals surface area contributed by atoms with Crippen LogP contribution in [0.3, 0.4) is 0 Å². The number of carbonyl (C=O) groups is 1. The van der Waals surface area contributed by atoms with Gasteiger partial charge in [0.15, 0.2) is 5.13 Å². The molecule has 0 aliphatic heterocycles. The van der Waals surface area contributed by atoms with Crippen LogP contribution >= 0.6 is 46.1 Å². The maximum absolute atomic E-state index is 12.3. The van der Waals surface area contributed by atoms with Gasteiger partial charge in [0.25, 0.3) is 0 Å². The van der Waals surface area contributed by atoms with Crippen LogP contribution in [0.1, 0.15) is 21.4 Å². The van der Waals surface area contributed by atoms with Gasteiger partial charge in [-0.25, -0.2) is 4.98 Å². The fraction of sp³-hybridized carbons (Fsp3) is 0.111. The monoisotopic (exact) mass is 410 g/mol. The third kappa shape index (κ3) is 4.73. The largest absolute Gasteiger partial charge is 0.300 e. The Bertz CT molecular complexity index is 883. The molecule has 0 aliphatic carbocycles. The number of benzene rings is 2. The minimum atomic E-state index is -0.765. The second kappa shape index (κ2) is 8.19. The van der Waals surface area contributed by atoms with Gasteiger partial charge in [0.1, 0.15) is 5.38 Å². The number of nitrogens with one attached hydrogen (secondary N) is 1. The van der Waals surface area contributed by atoms with E-state index in [4.69, 9.17) is 34.8 Å². The van der Waals surface area contributed by atoms with E-state index in [2.05, 4.69) is 10.3 Å². The van der Waals surface area contributed by atoms with Gasteiger partial charge < -0.3 is 5.32 Å². The molecule has 3 aromatic rings. The Balaban J connectivity index is 1.66. The predicted molar refractivity (Wildman–Crippen MR) is 105 cm³/mol. The Kier molecular flexibility index (Phi) is 5.97. The van der Waals surface area contributed by atoms with E-state index in [1.54, 1.807) is 18.3 Å². The van der Waals surface area contributed by atoms with Crippen molar-refractivity contribution in [3.63, 3.8) is 0 Å². The normalized spacial score (nSPS) is 12.0. The molecule has 2 aromatic carbocycles. The second-order valence-electron chi connectivity index (χ2n) is 5.31. The van der Waals surface area contributed by atoms with Crippen molar-refractivity contribution in [3.8, 4) is 0 Å². The maximum atomic E-state index is 12.3. The van der Waals surface area contributed by atoms with Crippen LogP contribution in [0.4, 0.5) is 5.13 Å². The SMILES string of the molecule is O=C(Nc1ncc(Cc2ccc(Cl)cc2Cl)s1)C(Cl)c1ccccc1. The Labute approximate surface area is 164 Å². The second-order valence-corrected chi connectivity index (χ2v) is 7.70. The molecule has 25 heavy (non-hydrogen) atoms. The van der Waals surface area contributed by atoms with E-state index in [9.17, 15) is 4.79 Å². The summed E-state index contributed by atoms with van der Waals surface area (Å²) in [6.07, 6.45) is 2.34. The fourth-order valence-corrected chi connectivity index (χ4v) is 3.76. The number of aromatic nitrogens is 1. The molecule has 0 fully saturated rings. The van der Waals surface area contributed by atoms with Crippen molar-refractivity contribution in [3.05, 3.63) is 80.8 Å². The van der Waals surface area contributed by atoms with Gasteiger partial charge in [-0.15, -0.1) is 22.9 Å². The maximum Gasteiger partial charge on any atom is 0.248 e. The zero-order valence-corrected chi connectivity index (χ0v) is 16.0. The zero-order valence-electron chi connectivity index (χ0n) is 12.9. The average Bonchev–Trinajstić information content (AvgIpc) is 3.04. The Morgan fingerprint density at radius 3 is 2.64 bits per heavy atom. The van der Waals surface area contributed by atoms with Crippen molar-refractivity contribution in [1.82, 2.24) is 4.98 Å². The first-order chi connectivity index (χ1) is 12.0. The number of rotatable bonds is 5. The first-order valence-electron chi connectivity index (χ1n) is 7.41. The molecule has 3 nitrogen and oxygen atoms in total. The molecule has 1 aromatic heterocycles. The molecule has 0 bridgehead atoms. The number of halogens is 3. The summed E-state index contributed by atoms with van der Waals surface area (Å²) in [4.78, 5) is 17.5. The van der Waals surface area contributed by atoms with E-state index in [-0.39, 0.29) is 5.91 Å². The van der Waals surface area contributed by atoms with E-state index in [1.807, 2.05) is 36.4 Å². The highest BCUT2D eigenvalue weighted by Crippen LogP contribution is 2.28. The molecule has 1 unspecified atom stereocenters. The van der Waals surface area contributed by atoms with Crippen LogP contribution in [-0.4, -0.2) is 10.9 Å². The van der Waals surface area contributed by atoms with Gasteiger partial charge in [-0.05, 0) is 23.3 Å². The smallest absolute Gasteiger partial charge is 0.248 e. The molecule has 0 aliphatic rings. The quantitative estimate of drug-likeness (QED) is 0.526. The van der Waals surface area contributed by atoms with Gasteiger partial charge in [0.2, 0.25) is 5.91 Å². The molecule has 1 atom stereocenters. The lowest BCUT2D eigenvalue weighted by Crippen LogP contribution is -2.17. The van der Waals surface area contributed by atoms with E-state index < -0.39 is 5.38 Å². The molecule has 1 amide bonds. The molecular formula is C18H13Cl3N2OS. The molecule has 0 spiro atoms. The van der Waals surface area contributed by atoms with E-state index in [1.165, 1.54) is 11.3 Å². The van der Waals surface area contributed by atoms with E-state index in [0.29, 0.717) is 21.6 Å². The van der Waals surface area contributed by atoms with Crippen LogP contribution in [-0.2, 0) is 11.2 Å². The zero-order chi connectivity index (χ0) is 17.8. The molecule has 1 heterocycles. The first-order valence-corrected chi connectivity index (χ1v) is 9.42. The Morgan fingerprint density at radius 1 is 1.16 bits per heavy atom. The number of amides is 1. The molecule has 0 saturated heterocycles. The van der Waals surface area contributed by atoms with E-state index in [0.717, 1.165) is 16.0 Å². The summed E-state index contributed by atoms with van der Waals surface area (Å²) in [5, 5.41) is 3.70. The minimum absolute atomic E-state index is 0.307. The number of hydrogen-bond donors (Lipinski definition) is 1. The Morgan fingerprint density at radius 2 is 1.92 bits per heavy atom. The summed E-state index contributed by atoms with van der Waals surface area (Å²) < 4.78 is 0. The third-order valence-electron chi connectivity index (χ3n) is 3.49. The summed E-state index contributed by atoms with van der Waals surface area (Å²) in [6.45, 7) is 0. The summed E-state index contributed by atoms with van der Waals surface area (Å²) >= 11 is 19.7. The molecule has 3 rings (SSSR count). The third-order valence-corrected chi connectivity index (χ3v) is 5.44. The van der Waals surface area contributed by atoms with Gasteiger partial charge in [0.05, 0.1) is 0 Å². The standard InChI is InChI=1S/C18H13Cl3N2OS/c19-13-7-6-12(15(20)9-13)8-14-10-22-18(25-14)23-17(24)16(21)11-4-2-1-3-5-11/h1-7,9-10,16H,8H2,(H,22,23,24). The summed E-state index contributed by atoms with van der Waals surface area (Å²) in [7, 11) is 0. The van der Waals surface area contributed by atoms with Gasteiger partial charge >= 0.3 is 0 Å². The topological polar surface area (TPSA) is 42.0 Å². The molecule has 0 saturated carbocycles. The lowest BCUT2D eigenvalue weighted by Gasteiger charge is -2.08. The van der Waals surface area contributed by atoms with Crippen molar-refractivity contribution in [2.24, 2.45) is 0 Å². The summed E-state index contributed by atoms with van der Waals surface area (Å²) in [6, 6.07) is 14.6. The highest BCUT2D eigenvalue weighted by atomic mass is 35.5. The first kappa shape index (κ1) is 18.2. The van der Waals surface area contributed by atoms with Crippen LogP contribution in [0, 0.1) is 0 Å². The number of alkyl halides is 1. The summed E-state index contributed by atoms with van der Waals surface area (Å²) in [5.74, 6) is -0.307. The number of carbonyl (C=O) groups excluding carboxylic acids is 1. The minimum Gasteiger partial charge on any atom is -0.300 e. The van der Waals surface area contributed by atoms with Crippen molar-refractivity contribution in [2.45, 2.75) is 11.8 Å². The Hall–Kier alpha value is -1.59. The predicted octanol–water partition coefficient (Wildman–Crippen LogP) is 5.96. The van der Waals surface area contributed by atoms with Gasteiger partial charge in [0, 0.05) is 27.5 Å².